The van der Waals surface area contributed by atoms with E-state index in [-0.39, 0.29) is 24.3 Å². The number of allylic oxidation sites excluding steroid dienone is 1. The zero-order valence-electron chi connectivity index (χ0n) is 17.5. The van der Waals surface area contributed by atoms with Crippen LogP contribution in [0.2, 0.25) is 0 Å². The summed E-state index contributed by atoms with van der Waals surface area (Å²) in [4.78, 5) is 12.8. The van der Waals surface area contributed by atoms with Gasteiger partial charge in [-0.3, -0.25) is 4.79 Å². The van der Waals surface area contributed by atoms with Crippen molar-refractivity contribution in [1.82, 2.24) is 5.32 Å². The Morgan fingerprint density at radius 1 is 1.24 bits per heavy atom. The summed E-state index contributed by atoms with van der Waals surface area (Å²) in [6.45, 7) is 3.24. The van der Waals surface area contributed by atoms with Crippen LogP contribution in [-0.2, 0) is 20.7 Å². The molecule has 2 N–H and O–H groups in total. The smallest absolute Gasteiger partial charge is 0.286 e. The number of hydrogen-bond acceptors (Lipinski definition) is 4. The number of hydrogen-bond donors (Lipinski definition) is 2. The molecule has 1 heterocycles. The summed E-state index contributed by atoms with van der Waals surface area (Å²) in [6.07, 6.45) is 8.88. The second-order valence-corrected chi connectivity index (χ2v) is 8.12. The second kappa shape index (κ2) is 11.4. The Morgan fingerprint density at radius 2 is 2.00 bits per heavy atom. The molecule has 3 atom stereocenters. The Labute approximate surface area is 174 Å². The molecule has 1 aliphatic carbocycles. The highest BCUT2D eigenvalue weighted by atomic mass is 16.7. The fraction of sp³-hybridized carbons (Fsp3) is 0.625. The molecule has 5 nitrogen and oxygen atoms in total. The molecule has 5 heteroatoms. The van der Waals surface area contributed by atoms with Crippen LogP contribution in [0.15, 0.2) is 42.2 Å². The standard InChI is InChI=1S/C24H35NO4/c1-2-28-24-20(13-8-16-26)21(19-11-6-7-12-19)17-22(29-24)23(27)25-15-14-18-9-4-3-5-10-18/h3-5,9-10,17,19-21,24,26H,2,6-8,11-16H2,1H3,(H,25,27)/t20-,21-,24-/m1/s1. The number of ether oxygens (including phenoxy) is 2. The molecule has 1 aliphatic heterocycles. The largest absolute Gasteiger partial charge is 0.459 e. The van der Waals surface area contributed by atoms with E-state index in [2.05, 4.69) is 17.4 Å². The minimum Gasteiger partial charge on any atom is -0.459 e. The van der Waals surface area contributed by atoms with Gasteiger partial charge in [-0.15, -0.1) is 0 Å². The number of aliphatic hydroxyl groups is 1. The molecule has 1 fully saturated rings. The van der Waals surface area contributed by atoms with Crippen LogP contribution in [0.5, 0.6) is 0 Å². The van der Waals surface area contributed by atoms with Gasteiger partial charge in [0.15, 0.2) is 5.76 Å². The van der Waals surface area contributed by atoms with E-state index >= 15 is 0 Å². The fourth-order valence-electron chi connectivity index (χ4n) is 4.72. The van der Waals surface area contributed by atoms with Gasteiger partial charge in [0, 0.05) is 25.7 Å². The van der Waals surface area contributed by atoms with Gasteiger partial charge in [0.1, 0.15) is 0 Å². The molecule has 1 aromatic rings. The summed E-state index contributed by atoms with van der Waals surface area (Å²) >= 11 is 0. The van der Waals surface area contributed by atoms with Crippen LogP contribution in [0.25, 0.3) is 0 Å². The third kappa shape index (κ3) is 6.06. The summed E-state index contributed by atoms with van der Waals surface area (Å²) in [5, 5.41) is 12.3. The molecule has 0 aromatic heterocycles. The molecular formula is C24H35NO4. The lowest BCUT2D eigenvalue weighted by Gasteiger charge is -2.39. The van der Waals surface area contributed by atoms with Crippen LogP contribution in [0.3, 0.4) is 0 Å². The van der Waals surface area contributed by atoms with Gasteiger partial charge in [-0.1, -0.05) is 43.2 Å². The fourth-order valence-corrected chi connectivity index (χ4v) is 4.72. The molecule has 1 aromatic carbocycles. The van der Waals surface area contributed by atoms with Crippen molar-refractivity contribution in [3.63, 3.8) is 0 Å². The van der Waals surface area contributed by atoms with Crippen molar-refractivity contribution in [1.29, 1.82) is 0 Å². The first-order valence-corrected chi connectivity index (χ1v) is 11.2. The summed E-state index contributed by atoms with van der Waals surface area (Å²) in [5.74, 6) is 1.26. The monoisotopic (exact) mass is 401 g/mol. The highest BCUT2D eigenvalue weighted by molar-refractivity contribution is 5.91. The Kier molecular flexibility index (Phi) is 8.56. The number of carbonyl (C=O) groups is 1. The number of aliphatic hydroxyl groups excluding tert-OH is 1. The minimum absolute atomic E-state index is 0.158. The summed E-state index contributed by atoms with van der Waals surface area (Å²) < 4.78 is 11.9. The van der Waals surface area contributed by atoms with E-state index in [0.717, 1.165) is 19.3 Å². The number of rotatable bonds is 10. The van der Waals surface area contributed by atoms with Crippen LogP contribution in [-0.4, -0.2) is 37.1 Å². The lowest BCUT2D eigenvalue weighted by Crippen LogP contribution is -2.41. The Bertz CT molecular complexity index is 654. The van der Waals surface area contributed by atoms with E-state index in [1.165, 1.54) is 31.2 Å². The molecular weight excluding hydrogens is 366 g/mol. The number of benzene rings is 1. The Hall–Kier alpha value is -1.85. The van der Waals surface area contributed by atoms with Crippen LogP contribution in [0.4, 0.5) is 0 Å². The molecule has 1 saturated carbocycles. The van der Waals surface area contributed by atoms with Gasteiger partial charge in [-0.25, -0.2) is 0 Å². The zero-order chi connectivity index (χ0) is 20.5. The van der Waals surface area contributed by atoms with E-state index in [4.69, 9.17) is 9.47 Å². The lowest BCUT2D eigenvalue weighted by molar-refractivity contribution is -0.176. The minimum atomic E-state index is -0.419. The van der Waals surface area contributed by atoms with Gasteiger partial charge in [-0.05, 0) is 62.5 Å². The van der Waals surface area contributed by atoms with Crippen molar-refractivity contribution >= 4 is 5.91 Å². The highest BCUT2D eigenvalue weighted by Crippen LogP contribution is 2.43. The maximum atomic E-state index is 12.8. The maximum Gasteiger partial charge on any atom is 0.286 e. The van der Waals surface area contributed by atoms with Gasteiger partial charge >= 0.3 is 0 Å². The van der Waals surface area contributed by atoms with Crippen molar-refractivity contribution in [2.75, 3.05) is 19.8 Å². The van der Waals surface area contributed by atoms with Crippen molar-refractivity contribution in [2.24, 2.45) is 17.8 Å². The number of amides is 1. The van der Waals surface area contributed by atoms with Gasteiger partial charge < -0.3 is 19.9 Å². The van der Waals surface area contributed by atoms with E-state index in [1.54, 1.807) is 0 Å². The molecule has 29 heavy (non-hydrogen) atoms. The van der Waals surface area contributed by atoms with Crippen molar-refractivity contribution in [3.8, 4) is 0 Å². The molecule has 3 rings (SSSR count). The molecule has 0 spiro atoms. The third-order valence-electron chi connectivity index (χ3n) is 6.17. The predicted octanol–water partition coefficient (Wildman–Crippen LogP) is 3.82. The van der Waals surface area contributed by atoms with Crippen LogP contribution >= 0.6 is 0 Å². The number of nitrogens with one attached hydrogen (secondary N) is 1. The molecule has 160 valence electrons. The maximum absolute atomic E-state index is 12.8. The predicted molar refractivity (Wildman–Crippen MR) is 113 cm³/mol. The topological polar surface area (TPSA) is 67.8 Å². The molecule has 1 amide bonds. The molecule has 0 saturated heterocycles. The molecule has 2 aliphatic rings. The van der Waals surface area contributed by atoms with Crippen molar-refractivity contribution < 1.29 is 19.4 Å². The van der Waals surface area contributed by atoms with Gasteiger partial charge in [0.05, 0.1) is 0 Å². The van der Waals surface area contributed by atoms with Crippen molar-refractivity contribution in [3.05, 3.63) is 47.7 Å². The van der Waals surface area contributed by atoms with E-state index in [1.807, 2.05) is 31.2 Å². The summed E-state index contributed by atoms with van der Waals surface area (Å²) in [6, 6.07) is 10.1. The summed E-state index contributed by atoms with van der Waals surface area (Å²) in [5.41, 5.74) is 1.20. The Morgan fingerprint density at radius 3 is 2.69 bits per heavy atom. The van der Waals surface area contributed by atoms with E-state index in [0.29, 0.717) is 24.8 Å². The lowest BCUT2D eigenvalue weighted by atomic mass is 9.76. The van der Waals surface area contributed by atoms with E-state index < -0.39 is 6.29 Å². The number of carbonyl (C=O) groups excluding carboxylic acids is 1. The Balaban J connectivity index is 1.68. The quantitative estimate of drug-likeness (QED) is 0.625. The van der Waals surface area contributed by atoms with Gasteiger partial charge in [0.2, 0.25) is 6.29 Å². The first kappa shape index (κ1) is 21.8. The SMILES string of the molecule is CCO[C@@H]1OC(C(=O)NCCc2ccccc2)=C[C@H](C2CCCC2)[C@H]1CCCO. The van der Waals surface area contributed by atoms with Crippen molar-refractivity contribution in [2.45, 2.75) is 58.2 Å². The average molecular weight is 402 g/mol. The normalized spacial score (nSPS) is 24.8. The third-order valence-corrected chi connectivity index (χ3v) is 6.17. The van der Waals surface area contributed by atoms with Gasteiger partial charge in [-0.2, -0.15) is 0 Å². The average Bonchev–Trinajstić information content (AvgIpc) is 3.28. The second-order valence-electron chi connectivity index (χ2n) is 8.12. The molecule has 0 bridgehead atoms. The first-order valence-electron chi connectivity index (χ1n) is 11.2. The molecule has 0 radical (unpaired) electrons. The van der Waals surface area contributed by atoms with E-state index in [9.17, 15) is 9.90 Å². The zero-order valence-corrected chi connectivity index (χ0v) is 17.5. The first-order chi connectivity index (χ1) is 14.2. The van der Waals surface area contributed by atoms with Crippen LogP contribution in [0, 0.1) is 17.8 Å². The highest BCUT2D eigenvalue weighted by Gasteiger charge is 2.41. The van der Waals surface area contributed by atoms with Crippen LogP contribution < -0.4 is 5.32 Å². The van der Waals surface area contributed by atoms with Gasteiger partial charge in [0.25, 0.3) is 5.91 Å². The van der Waals surface area contributed by atoms with Crippen LogP contribution in [0.1, 0.15) is 51.0 Å². The summed E-state index contributed by atoms with van der Waals surface area (Å²) in [7, 11) is 0. The molecule has 0 unspecified atom stereocenters.